The van der Waals surface area contributed by atoms with Crippen molar-refractivity contribution in [2.75, 3.05) is 6.54 Å². The number of halogens is 3. The second-order valence-corrected chi connectivity index (χ2v) is 5.12. The van der Waals surface area contributed by atoms with Gasteiger partial charge in [-0.15, -0.1) is 0 Å². The van der Waals surface area contributed by atoms with Gasteiger partial charge in [0.25, 0.3) is 10.2 Å². The average molecular weight is 292 g/mol. The highest BCUT2D eigenvalue weighted by Crippen LogP contribution is 2.12. The van der Waals surface area contributed by atoms with Crippen molar-refractivity contribution in [3.05, 3.63) is 0 Å². The first-order valence-corrected chi connectivity index (χ1v) is 6.62. The van der Waals surface area contributed by atoms with E-state index in [0.717, 1.165) is 0 Å². The summed E-state index contributed by atoms with van der Waals surface area (Å²) in [5.41, 5.74) is 0. The molecule has 0 amide bonds. The minimum absolute atomic E-state index is 0.0127. The second-order valence-electron chi connectivity index (χ2n) is 3.59. The molecule has 10 heteroatoms. The van der Waals surface area contributed by atoms with E-state index in [9.17, 15) is 26.4 Å². The normalized spacial score (nSPS) is 14.4. The third-order valence-corrected chi connectivity index (χ3v) is 3.02. The predicted molar refractivity (Wildman–Crippen MR) is 57.1 cm³/mol. The molecule has 0 fully saturated rings. The zero-order valence-corrected chi connectivity index (χ0v) is 10.4. The molecular formula is C8H15F3N2O4S. The monoisotopic (exact) mass is 292 g/mol. The lowest BCUT2D eigenvalue weighted by Gasteiger charge is -2.15. The number of unbranched alkanes of at least 4 members (excludes halogenated alkanes) is 1. The fraction of sp³-hybridized carbons (Fsp3) is 0.875. The van der Waals surface area contributed by atoms with Crippen LogP contribution in [0.4, 0.5) is 13.2 Å². The van der Waals surface area contributed by atoms with Crippen LogP contribution in [-0.2, 0) is 15.0 Å². The Hall–Kier alpha value is -0.870. The van der Waals surface area contributed by atoms with E-state index in [-0.39, 0.29) is 6.42 Å². The minimum atomic E-state index is -4.70. The Morgan fingerprint density at radius 2 is 1.94 bits per heavy atom. The average Bonchev–Trinajstić information content (AvgIpc) is 2.20. The quantitative estimate of drug-likeness (QED) is 0.611. The first-order valence-electron chi connectivity index (χ1n) is 5.14. The third-order valence-electron chi connectivity index (χ3n) is 1.90. The number of hydrogen-bond acceptors (Lipinski definition) is 3. The van der Waals surface area contributed by atoms with Crippen LogP contribution in [0.3, 0.4) is 0 Å². The number of carbonyl (C=O) groups is 1. The summed E-state index contributed by atoms with van der Waals surface area (Å²) in [5.74, 6) is -1.43. The van der Waals surface area contributed by atoms with Crippen molar-refractivity contribution in [1.82, 2.24) is 9.44 Å². The lowest BCUT2D eigenvalue weighted by Crippen LogP contribution is -2.48. The highest BCUT2D eigenvalue weighted by atomic mass is 32.2. The van der Waals surface area contributed by atoms with Crippen molar-refractivity contribution in [2.24, 2.45) is 0 Å². The fourth-order valence-electron chi connectivity index (χ4n) is 1.05. The molecule has 3 N–H and O–H groups in total. The van der Waals surface area contributed by atoms with E-state index in [1.54, 1.807) is 11.6 Å². The molecular weight excluding hydrogens is 277 g/mol. The van der Waals surface area contributed by atoms with Gasteiger partial charge in [0.1, 0.15) is 12.6 Å². The summed E-state index contributed by atoms with van der Waals surface area (Å²) in [7, 11) is -4.49. The Labute approximate surface area is 103 Å². The van der Waals surface area contributed by atoms with Gasteiger partial charge in [-0.25, -0.2) is 0 Å². The molecule has 0 spiro atoms. The van der Waals surface area contributed by atoms with Crippen LogP contribution in [0.15, 0.2) is 0 Å². The molecule has 0 aromatic heterocycles. The van der Waals surface area contributed by atoms with Crippen LogP contribution in [0.5, 0.6) is 0 Å². The molecule has 18 heavy (non-hydrogen) atoms. The highest BCUT2D eigenvalue weighted by molar-refractivity contribution is 7.87. The van der Waals surface area contributed by atoms with Gasteiger partial charge in [-0.1, -0.05) is 19.8 Å². The second kappa shape index (κ2) is 6.90. The standard InChI is InChI=1S/C8H15F3N2O4S/c1-2-3-4-6(7(14)15)13-18(16,17)12-5-8(9,10)11/h6,12-13H,2-5H2,1H3,(H,14,15). The smallest absolute Gasteiger partial charge is 0.402 e. The molecule has 6 nitrogen and oxygen atoms in total. The van der Waals surface area contributed by atoms with Gasteiger partial charge in [-0.3, -0.25) is 4.79 Å². The highest BCUT2D eigenvalue weighted by Gasteiger charge is 2.31. The molecule has 108 valence electrons. The Balaban J connectivity index is 4.47. The molecule has 0 rings (SSSR count). The molecule has 1 atom stereocenters. The Morgan fingerprint density at radius 1 is 1.39 bits per heavy atom. The van der Waals surface area contributed by atoms with Crippen LogP contribution in [0.1, 0.15) is 26.2 Å². The number of carboxylic acid groups (broad SMARTS) is 1. The van der Waals surface area contributed by atoms with Gasteiger partial charge in [0, 0.05) is 0 Å². The van der Waals surface area contributed by atoms with Gasteiger partial charge in [0.2, 0.25) is 0 Å². The van der Waals surface area contributed by atoms with Crippen molar-refractivity contribution >= 4 is 16.2 Å². The van der Waals surface area contributed by atoms with E-state index in [1.165, 1.54) is 4.72 Å². The number of alkyl halides is 3. The van der Waals surface area contributed by atoms with E-state index in [0.29, 0.717) is 12.8 Å². The molecule has 0 saturated carbocycles. The Kier molecular flexibility index (Phi) is 6.57. The van der Waals surface area contributed by atoms with Gasteiger partial charge in [0.05, 0.1) is 0 Å². The van der Waals surface area contributed by atoms with Crippen molar-refractivity contribution < 1.29 is 31.5 Å². The van der Waals surface area contributed by atoms with Crippen molar-refractivity contribution in [2.45, 2.75) is 38.4 Å². The fourth-order valence-corrected chi connectivity index (χ4v) is 2.08. The molecule has 0 aliphatic carbocycles. The lowest BCUT2D eigenvalue weighted by molar-refractivity contribution is -0.139. The van der Waals surface area contributed by atoms with Crippen molar-refractivity contribution in [3.63, 3.8) is 0 Å². The summed E-state index contributed by atoms with van der Waals surface area (Å²) >= 11 is 0. The van der Waals surface area contributed by atoms with Crippen LogP contribution in [-0.4, -0.2) is 38.3 Å². The zero-order chi connectivity index (χ0) is 14.4. The topological polar surface area (TPSA) is 95.5 Å². The van der Waals surface area contributed by atoms with E-state index >= 15 is 0 Å². The SMILES string of the molecule is CCCCC(NS(=O)(=O)NCC(F)(F)F)C(=O)O. The van der Waals surface area contributed by atoms with Gasteiger partial charge >= 0.3 is 12.1 Å². The van der Waals surface area contributed by atoms with E-state index in [1.807, 2.05) is 0 Å². The van der Waals surface area contributed by atoms with Gasteiger partial charge in [-0.05, 0) is 6.42 Å². The minimum Gasteiger partial charge on any atom is -0.480 e. The molecule has 0 radical (unpaired) electrons. The number of rotatable bonds is 8. The van der Waals surface area contributed by atoms with Gasteiger partial charge < -0.3 is 5.11 Å². The summed E-state index contributed by atoms with van der Waals surface area (Å²) in [4.78, 5) is 10.7. The number of aliphatic carboxylic acids is 1. The first kappa shape index (κ1) is 17.1. The Bertz CT molecular complexity index is 369. The summed E-state index contributed by atoms with van der Waals surface area (Å²) in [6, 6.07) is -1.43. The third kappa shape index (κ3) is 8.25. The van der Waals surface area contributed by atoms with E-state index < -0.39 is 34.9 Å². The maximum atomic E-state index is 11.8. The number of hydrogen-bond donors (Lipinski definition) is 3. The molecule has 0 aliphatic heterocycles. The summed E-state index contributed by atoms with van der Waals surface area (Å²) in [5, 5.41) is 8.71. The molecule has 0 bridgehead atoms. The van der Waals surface area contributed by atoms with Crippen LogP contribution in [0, 0.1) is 0 Å². The van der Waals surface area contributed by atoms with Crippen LogP contribution < -0.4 is 9.44 Å². The number of nitrogens with one attached hydrogen (secondary N) is 2. The van der Waals surface area contributed by atoms with Crippen LogP contribution in [0.2, 0.25) is 0 Å². The predicted octanol–water partition coefficient (Wildman–Crippen LogP) is 0.616. The van der Waals surface area contributed by atoms with Gasteiger partial charge in [-0.2, -0.15) is 31.0 Å². The zero-order valence-electron chi connectivity index (χ0n) is 9.62. The summed E-state index contributed by atoms with van der Waals surface area (Å²) < 4.78 is 60.7. The molecule has 0 saturated heterocycles. The van der Waals surface area contributed by atoms with Crippen molar-refractivity contribution in [1.29, 1.82) is 0 Å². The Morgan fingerprint density at radius 3 is 2.33 bits per heavy atom. The van der Waals surface area contributed by atoms with E-state index in [4.69, 9.17) is 5.11 Å². The largest absolute Gasteiger partial charge is 0.480 e. The maximum absolute atomic E-state index is 11.8. The molecule has 0 aromatic carbocycles. The molecule has 0 aromatic rings. The van der Waals surface area contributed by atoms with Crippen LogP contribution in [0.25, 0.3) is 0 Å². The van der Waals surface area contributed by atoms with Crippen molar-refractivity contribution in [3.8, 4) is 0 Å². The van der Waals surface area contributed by atoms with Crippen LogP contribution >= 0.6 is 0 Å². The number of carboxylic acids is 1. The first-order chi connectivity index (χ1) is 8.07. The lowest BCUT2D eigenvalue weighted by atomic mass is 10.1. The molecule has 0 aliphatic rings. The summed E-state index contributed by atoms with van der Waals surface area (Å²) in [6.45, 7) is 0.0256. The maximum Gasteiger partial charge on any atom is 0.402 e. The summed E-state index contributed by atoms with van der Waals surface area (Å²) in [6.07, 6.45) is -3.60. The van der Waals surface area contributed by atoms with Gasteiger partial charge in [0.15, 0.2) is 0 Å². The molecule has 1 unspecified atom stereocenters. The molecule has 0 heterocycles. The van der Waals surface area contributed by atoms with E-state index in [2.05, 4.69) is 0 Å².